The zero-order chi connectivity index (χ0) is 23.4. The Balaban J connectivity index is 1.70. The molecule has 0 radical (unpaired) electrons. The highest BCUT2D eigenvalue weighted by Gasteiger charge is 2.64. The molecule has 1 N–H and O–H groups in total. The monoisotopic (exact) mass is 436 g/mol. The fraction of sp³-hybridized carbons (Fsp3) is 0.767. The van der Waals surface area contributed by atoms with E-state index in [0.29, 0.717) is 5.92 Å². The molecule has 0 spiro atoms. The number of carbonyl (C=O) groups is 1. The molecule has 0 amide bonds. The van der Waals surface area contributed by atoms with Gasteiger partial charge in [0.05, 0.1) is 5.41 Å². The summed E-state index contributed by atoms with van der Waals surface area (Å²) in [5, 5.41) is 10.5. The van der Waals surface area contributed by atoms with Crippen LogP contribution in [0.15, 0.2) is 34.9 Å². The van der Waals surface area contributed by atoms with Gasteiger partial charge >= 0.3 is 5.97 Å². The van der Waals surface area contributed by atoms with Crippen LogP contribution >= 0.6 is 0 Å². The van der Waals surface area contributed by atoms with Crippen LogP contribution in [0.5, 0.6) is 0 Å². The maximum absolute atomic E-state index is 12.7. The summed E-state index contributed by atoms with van der Waals surface area (Å²) >= 11 is 0. The van der Waals surface area contributed by atoms with Crippen LogP contribution in [-0.2, 0) is 4.79 Å². The number of fused-ring (bicyclic) bond motifs is 6. The molecule has 2 heteroatoms. The molecule has 5 atom stereocenters. The zero-order valence-corrected chi connectivity index (χ0v) is 21.5. The van der Waals surface area contributed by atoms with E-state index in [9.17, 15) is 9.90 Å². The average molecular weight is 437 g/mol. The normalized spacial score (nSPS) is 46.3. The van der Waals surface area contributed by atoms with Crippen LogP contribution in [0.1, 0.15) is 106 Å². The van der Waals surface area contributed by atoms with Crippen molar-refractivity contribution in [1.82, 2.24) is 0 Å². The lowest BCUT2D eigenvalue weighted by atomic mass is 9.37. The van der Waals surface area contributed by atoms with Gasteiger partial charge in [0.1, 0.15) is 0 Å². The summed E-state index contributed by atoms with van der Waals surface area (Å²) in [4.78, 5) is 12.7. The van der Waals surface area contributed by atoms with Crippen molar-refractivity contribution in [2.24, 2.45) is 38.4 Å². The van der Waals surface area contributed by atoms with Crippen LogP contribution in [0.3, 0.4) is 0 Å². The molecule has 0 aromatic heterocycles. The van der Waals surface area contributed by atoms with E-state index < -0.39 is 11.4 Å². The minimum Gasteiger partial charge on any atom is -0.481 e. The van der Waals surface area contributed by atoms with Crippen LogP contribution in [0.4, 0.5) is 0 Å². The molecule has 0 aliphatic heterocycles. The van der Waals surface area contributed by atoms with Crippen molar-refractivity contribution in [2.45, 2.75) is 106 Å². The first-order valence-electron chi connectivity index (χ1n) is 13.1. The maximum Gasteiger partial charge on any atom is 0.313 e. The molecule has 0 aromatic rings. The second-order valence-electron chi connectivity index (χ2n) is 14.1. The van der Waals surface area contributed by atoms with Gasteiger partial charge < -0.3 is 5.11 Å². The van der Waals surface area contributed by atoms with Gasteiger partial charge in [0.2, 0.25) is 0 Å². The second kappa shape index (κ2) is 6.42. The SMILES string of the molecule is CC1(C)CC[C@]2(C(=O)O)CC[C@@]3(C)C(=C2C1)CC=C1[C@@]2(C)CC=CC(C)(C)C2CC[C@]13C. The fourth-order valence-corrected chi connectivity index (χ4v) is 9.47. The van der Waals surface area contributed by atoms with Gasteiger partial charge in [0, 0.05) is 0 Å². The molecule has 0 heterocycles. The number of allylic oxidation sites excluding steroid dienone is 5. The van der Waals surface area contributed by atoms with E-state index in [1.54, 1.807) is 5.57 Å². The van der Waals surface area contributed by atoms with Crippen molar-refractivity contribution in [2.75, 3.05) is 0 Å². The van der Waals surface area contributed by atoms with Gasteiger partial charge in [-0.2, -0.15) is 0 Å². The predicted molar refractivity (Wildman–Crippen MR) is 131 cm³/mol. The number of rotatable bonds is 1. The first-order valence-corrected chi connectivity index (χ1v) is 13.1. The standard InChI is InChI=1S/C30H44O2/c1-25(2)15-17-30(24(31)32)18-16-28(6)20(21(30)19-25)9-10-23-27(5)13-8-12-26(3,4)22(27)11-14-29(23,28)7/h8,10,12,22H,9,11,13-19H2,1-7H3,(H,31,32)/t22?,27-,28-,29+,30-/m0/s1. The molecule has 0 bridgehead atoms. The Kier molecular flexibility index (Phi) is 4.51. The molecule has 5 rings (SSSR count). The van der Waals surface area contributed by atoms with Crippen molar-refractivity contribution in [3.63, 3.8) is 0 Å². The van der Waals surface area contributed by atoms with Crippen molar-refractivity contribution in [3.8, 4) is 0 Å². The van der Waals surface area contributed by atoms with Gasteiger partial charge in [-0.05, 0) is 90.8 Å². The lowest BCUT2D eigenvalue weighted by molar-refractivity contribution is -0.151. The molecule has 0 aromatic carbocycles. The molecule has 5 aliphatic rings. The number of hydrogen-bond donors (Lipinski definition) is 1. The van der Waals surface area contributed by atoms with E-state index in [4.69, 9.17) is 0 Å². The van der Waals surface area contributed by atoms with Crippen LogP contribution in [0.25, 0.3) is 0 Å². The Morgan fingerprint density at radius 2 is 1.59 bits per heavy atom. The quantitative estimate of drug-likeness (QED) is 0.422. The van der Waals surface area contributed by atoms with Crippen LogP contribution < -0.4 is 0 Å². The largest absolute Gasteiger partial charge is 0.481 e. The Morgan fingerprint density at radius 1 is 0.906 bits per heavy atom. The van der Waals surface area contributed by atoms with Gasteiger partial charge in [-0.15, -0.1) is 0 Å². The fourth-order valence-electron chi connectivity index (χ4n) is 9.47. The van der Waals surface area contributed by atoms with Gasteiger partial charge in [-0.1, -0.05) is 83.4 Å². The molecular weight excluding hydrogens is 392 g/mol. The Morgan fingerprint density at radius 3 is 2.28 bits per heavy atom. The second-order valence-corrected chi connectivity index (χ2v) is 14.1. The van der Waals surface area contributed by atoms with Gasteiger partial charge in [-0.3, -0.25) is 4.79 Å². The number of carboxylic acids is 1. The molecule has 0 saturated heterocycles. The minimum atomic E-state index is -0.608. The average Bonchev–Trinajstić information content (AvgIpc) is 2.67. The summed E-state index contributed by atoms with van der Waals surface area (Å²) in [7, 11) is 0. The molecule has 5 aliphatic carbocycles. The molecule has 2 saturated carbocycles. The third-order valence-corrected chi connectivity index (χ3v) is 11.6. The van der Waals surface area contributed by atoms with Crippen LogP contribution in [-0.4, -0.2) is 11.1 Å². The number of hydrogen-bond acceptors (Lipinski definition) is 1. The summed E-state index contributed by atoms with van der Waals surface area (Å²) in [6.07, 6.45) is 16.8. The Labute approximate surface area is 195 Å². The summed E-state index contributed by atoms with van der Waals surface area (Å²) in [5.74, 6) is 0.125. The topological polar surface area (TPSA) is 37.3 Å². The third-order valence-electron chi connectivity index (χ3n) is 11.6. The zero-order valence-electron chi connectivity index (χ0n) is 21.5. The van der Waals surface area contributed by atoms with Crippen LogP contribution in [0.2, 0.25) is 0 Å². The first-order chi connectivity index (χ1) is 14.7. The number of aliphatic carboxylic acids is 1. The molecule has 2 nitrogen and oxygen atoms in total. The van der Waals surface area contributed by atoms with E-state index in [0.717, 1.165) is 44.9 Å². The van der Waals surface area contributed by atoms with E-state index in [1.807, 2.05) is 0 Å². The van der Waals surface area contributed by atoms with E-state index in [2.05, 4.69) is 66.7 Å². The first kappa shape index (κ1) is 22.5. The predicted octanol–water partition coefficient (Wildman–Crippen LogP) is 8.10. The van der Waals surface area contributed by atoms with Crippen LogP contribution in [0, 0.1) is 38.4 Å². The molecule has 2 fully saturated rings. The lowest BCUT2D eigenvalue weighted by Gasteiger charge is -2.66. The highest BCUT2D eigenvalue weighted by molar-refractivity contribution is 5.80. The molecule has 176 valence electrons. The Hall–Kier alpha value is -1.31. The summed E-state index contributed by atoms with van der Waals surface area (Å²) in [6, 6.07) is 0. The molecular formula is C30H44O2. The maximum atomic E-state index is 12.7. The molecule has 32 heavy (non-hydrogen) atoms. The highest BCUT2D eigenvalue weighted by Crippen LogP contribution is 2.73. The van der Waals surface area contributed by atoms with Gasteiger partial charge in [-0.25, -0.2) is 0 Å². The van der Waals surface area contributed by atoms with Gasteiger partial charge in [0.15, 0.2) is 0 Å². The minimum absolute atomic E-state index is 0.0814. The summed E-state index contributed by atoms with van der Waals surface area (Å²) < 4.78 is 0. The third kappa shape index (κ3) is 2.62. The van der Waals surface area contributed by atoms with Crippen molar-refractivity contribution in [3.05, 3.63) is 34.9 Å². The van der Waals surface area contributed by atoms with E-state index in [1.165, 1.54) is 24.0 Å². The highest BCUT2D eigenvalue weighted by atomic mass is 16.4. The number of carboxylic acid groups (broad SMARTS) is 1. The lowest BCUT2D eigenvalue weighted by Crippen LogP contribution is -2.57. The van der Waals surface area contributed by atoms with Crippen molar-refractivity contribution in [1.29, 1.82) is 0 Å². The summed E-state index contributed by atoms with van der Waals surface area (Å²) in [6.45, 7) is 17.1. The Bertz CT molecular complexity index is 961. The molecule has 1 unspecified atom stereocenters. The van der Waals surface area contributed by atoms with Gasteiger partial charge in [0.25, 0.3) is 0 Å². The summed E-state index contributed by atoms with van der Waals surface area (Å²) in [5.41, 5.74) is 4.80. The smallest absolute Gasteiger partial charge is 0.313 e. The van der Waals surface area contributed by atoms with E-state index >= 15 is 0 Å². The van der Waals surface area contributed by atoms with E-state index in [-0.39, 0.29) is 27.1 Å². The van der Waals surface area contributed by atoms with Crippen molar-refractivity contribution < 1.29 is 9.90 Å². The van der Waals surface area contributed by atoms with Crippen molar-refractivity contribution >= 4 is 5.97 Å².